The molecule has 9 nitrogen and oxygen atoms in total. The van der Waals surface area contributed by atoms with Crippen LogP contribution in [0.3, 0.4) is 0 Å². The Morgan fingerprint density at radius 1 is 1.32 bits per heavy atom. The number of hydrogen-bond donors (Lipinski definition) is 2. The van der Waals surface area contributed by atoms with Gasteiger partial charge in [-0.25, -0.2) is 4.79 Å². The van der Waals surface area contributed by atoms with Crippen molar-refractivity contribution in [1.82, 2.24) is 35.0 Å². The number of fused-ring (bicyclic) bond motifs is 1. The number of rotatable bonds is 3. The second kappa shape index (κ2) is 6.63. The first-order valence-corrected chi connectivity index (χ1v) is 8.92. The maximum absolute atomic E-state index is 12.5. The van der Waals surface area contributed by atoms with Crippen molar-refractivity contribution in [1.29, 1.82) is 0 Å². The van der Waals surface area contributed by atoms with Crippen LogP contribution >= 0.6 is 11.3 Å². The average Bonchev–Trinajstić information content (AvgIpc) is 3.26. The second-order valence-corrected chi connectivity index (χ2v) is 7.06. The molecule has 10 heteroatoms. The van der Waals surface area contributed by atoms with Crippen molar-refractivity contribution in [2.75, 3.05) is 18.8 Å². The summed E-state index contributed by atoms with van der Waals surface area (Å²) in [5.74, 6) is 1.08. The second-order valence-electron chi connectivity index (χ2n) is 5.96. The smallest absolute Gasteiger partial charge is 0.317 e. The van der Waals surface area contributed by atoms with Crippen molar-refractivity contribution < 1.29 is 4.79 Å². The summed E-state index contributed by atoms with van der Waals surface area (Å²) in [7, 11) is 0. The maximum Gasteiger partial charge on any atom is 0.317 e. The van der Waals surface area contributed by atoms with E-state index in [1.807, 2.05) is 33.7 Å². The van der Waals surface area contributed by atoms with Gasteiger partial charge in [0.05, 0.1) is 6.54 Å². The number of urea groups is 1. The molecule has 3 aromatic rings. The number of hydrogen-bond acceptors (Lipinski definition) is 7. The van der Waals surface area contributed by atoms with Gasteiger partial charge in [-0.15, -0.1) is 20.4 Å². The number of aromatic nitrogens is 5. The van der Waals surface area contributed by atoms with E-state index in [4.69, 9.17) is 5.73 Å². The number of anilines is 1. The van der Waals surface area contributed by atoms with Crippen LogP contribution in [0.2, 0.25) is 0 Å². The lowest BCUT2D eigenvalue weighted by Crippen LogP contribution is -2.45. The largest absolute Gasteiger partial charge is 0.374 e. The van der Waals surface area contributed by atoms with Gasteiger partial charge in [0, 0.05) is 25.2 Å². The van der Waals surface area contributed by atoms with Gasteiger partial charge in [-0.2, -0.15) is 0 Å². The number of nitrogens with one attached hydrogen (secondary N) is 1. The minimum Gasteiger partial charge on any atom is -0.374 e. The Hall–Kier alpha value is -2.75. The number of amides is 2. The van der Waals surface area contributed by atoms with Crippen molar-refractivity contribution in [2.45, 2.75) is 25.3 Å². The maximum atomic E-state index is 12.5. The van der Waals surface area contributed by atoms with Crippen LogP contribution in [0.15, 0.2) is 24.4 Å². The number of nitrogens with two attached hydrogens (primary N) is 1. The van der Waals surface area contributed by atoms with Crippen LogP contribution in [0.1, 0.15) is 29.6 Å². The van der Waals surface area contributed by atoms with E-state index < -0.39 is 0 Å². The highest BCUT2D eigenvalue weighted by Crippen LogP contribution is 2.26. The number of nitrogen functional groups attached to an aromatic ring is 1. The van der Waals surface area contributed by atoms with Crippen LogP contribution in [-0.2, 0) is 6.54 Å². The molecule has 3 N–H and O–H groups in total. The fourth-order valence-electron chi connectivity index (χ4n) is 3.11. The lowest BCUT2D eigenvalue weighted by Gasteiger charge is -2.31. The molecule has 4 heterocycles. The monoisotopic (exact) mass is 358 g/mol. The average molecular weight is 358 g/mol. The summed E-state index contributed by atoms with van der Waals surface area (Å²) in [5.41, 5.74) is 6.38. The van der Waals surface area contributed by atoms with Crippen LogP contribution in [0.5, 0.6) is 0 Å². The molecule has 1 fully saturated rings. The summed E-state index contributed by atoms with van der Waals surface area (Å²) in [6, 6.07) is 5.72. The molecule has 130 valence electrons. The summed E-state index contributed by atoms with van der Waals surface area (Å²) in [4.78, 5) is 14.3. The van der Waals surface area contributed by atoms with Crippen molar-refractivity contribution in [3.63, 3.8) is 0 Å². The topological polar surface area (TPSA) is 114 Å². The Morgan fingerprint density at radius 3 is 3.08 bits per heavy atom. The van der Waals surface area contributed by atoms with Gasteiger partial charge in [-0.1, -0.05) is 17.4 Å². The molecule has 0 saturated carbocycles. The first-order valence-electron chi connectivity index (χ1n) is 8.11. The van der Waals surface area contributed by atoms with Crippen LogP contribution in [-0.4, -0.2) is 48.8 Å². The summed E-state index contributed by atoms with van der Waals surface area (Å²) in [6.45, 7) is 1.69. The van der Waals surface area contributed by atoms with Gasteiger partial charge in [-0.05, 0) is 25.0 Å². The molecular weight excluding hydrogens is 340 g/mol. The highest BCUT2D eigenvalue weighted by molar-refractivity contribution is 7.15. The molecule has 1 atom stereocenters. The molecule has 1 aliphatic rings. The van der Waals surface area contributed by atoms with Gasteiger partial charge in [0.1, 0.15) is 10.8 Å². The highest BCUT2D eigenvalue weighted by Gasteiger charge is 2.27. The molecule has 3 aromatic heterocycles. The van der Waals surface area contributed by atoms with E-state index in [9.17, 15) is 4.79 Å². The number of piperidine rings is 1. The number of carbonyl (C=O) groups is 1. The lowest BCUT2D eigenvalue weighted by molar-refractivity contribution is 0.177. The SMILES string of the molecule is Nc1nnc(CNC(=O)N2CCC[C@H](c3nnc4ccccn34)C2)s1. The molecule has 1 saturated heterocycles. The standard InChI is InChI=1S/C15H18N8OS/c16-14-21-19-12(25-14)8-17-15(24)22-6-3-4-10(9-22)13-20-18-11-5-1-2-7-23(11)13/h1-2,5,7,10H,3-4,6,8-9H2,(H2,16,21)(H,17,24)/t10-/m0/s1. The van der Waals surface area contributed by atoms with E-state index in [1.54, 1.807) is 0 Å². The van der Waals surface area contributed by atoms with Gasteiger partial charge in [-0.3, -0.25) is 4.40 Å². The molecule has 0 unspecified atom stereocenters. The minimum absolute atomic E-state index is 0.104. The number of carbonyl (C=O) groups excluding carboxylic acids is 1. The number of nitrogens with zero attached hydrogens (tertiary/aromatic N) is 6. The Kier molecular flexibility index (Phi) is 4.18. The Labute approximate surface area is 147 Å². The van der Waals surface area contributed by atoms with E-state index in [0.29, 0.717) is 23.2 Å². The van der Waals surface area contributed by atoms with Crippen molar-refractivity contribution >= 4 is 28.1 Å². The number of pyridine rings is 1. The first-order chi connectivity index (χ1) is 12.2. The molecule has 0 aromatic carbocycles. The van der Waals surface area contributed by atoms with Gasteiger partial charge in [0.15, 0.2) is 5.65 Å². The van der Waals surface area contributed by atoms with Crippen molar-refractivity contribution in [3.05, 3.63) is 35.2 Å². The predicted molar refractivity (Wildman–Crippen MR) is 93.1 cm³/mol. The van der Waals surface area contributed by atoms with E-state index in [0.717, 1.165) is 30.9 Å². The minimum atomic E-state index is -0.104. The van der Waals surface area contributed by atoms with E-state index in [2.05, 4.69) is 25.7 Å². The molecule has 0 spiro atoms. The third-order valence-electron chi connectivity index (χ3n) is 4.29. The molecule has 25 heavy (non-hydrogen) atoms. The van der Waals surface area contributed by atoms with Crippen molar-refractivity contribution in [2.24, 2.45) is 0 Å². The van der Waals surface area contributed by atoms with Crippen LogP contribution in [0.25, 0.3) is 5.65 Å². The van der Waals surface area contributed by atoms with Crippen LogP contribution in [0, 0.1) is 0 Å². The summed E-state index contributed by atoms with van der Waals surface area (Å²) in [5, 5.41) is 20.2. The Morgan fingerprint density at radius 2 is 2.24 bits per heavy atom. The Bertz CT molecular complexity index is 890. The molecule has 4 rings (SSSR count). The third kappa shape index (κ3) is 3.25. The molecule has 0 bridgehead atoms. The van der Waals surface area contributed by atoms with Crippen molar-refractivity contribution in [3.8, 4) is 0 Å². The molecule has 2 amide bonds. The molecular formula is C15H18N8OS. The zero-order chi connectivity index (χ0) is 17.2. The fraction of sp³-hybridized carbons (Fsp3) is 0.400. The van der Waals surface area contributed by atoms with Gasteiger partial charge in [0.2, 0.25) is 5.13 Å². The zero-order valence-electron chi connectivity index (χ0n) is 13.5. The predicted octanol–water partition coefficient (Wildman–Crippen LogP) is 1.25. The fourth-order valence-corrected chi connectivity index (χ4v) is 3.66. The summed E-state index contributed by atoms with van der Waals surface area (Å²) in [6.07, 6.45) is 3.89. The highest BCUT2D eigenvalue weighted by atomic mass is 32.1. The lowest BCUT2D eigenvalue weighted by atomic mass is 9.97. The number of likely N-dealkylation sites (tertiary alicyclic amines) is 1. The first kappa shape index (κ1) is 15.8. The zero-order valence-corrected chi connectivity index (χ0v) is 14.3. The quantitative estimate of drug-likeness (QED) is 0.728. The van der Waals surface area contributed by atoms with E-state index in [-0.39, 0.29) is 11.9 Å². The van der Waals surface area contributed by atoms with Crippen LogP contribution < -0.4 is 11.1 Å². The summed E-state index contributed by atoms with van der Waals surface area (Å²) >= 11 is 1.28. The third-order valence-corrected chi connectivity index (χ3v) is 5.04. The Balaban J connectivity index is 1.42. The van der Waals surface area contributed by atoms with E-state index >= 15 is 0 Å². The van der Waals surface area contributed by atoms with Gasteiger partial charge < -0.3 is 16.0 Å². The summed E-state index contributed by atoms with van der Waals surface area (Å²) < 4.78 is 2.00. The van der Waals surface area contributed by atoms with Gasteiger partial charge in [0.25, 0.3) is 0 Å². The molecule has 1 aliphatic heterocycles. The molecule has 0 radical (unpaired) electrons. The molecule has 0 aliphatic carbocycles. The van der Waals surface area contributed by atoms with Gasteiger partial charge >= 0.3 is 6.03 Å². The van der Waals surface area contributed by atoms with Crippen LogP contribution in [0.4, 0.5) is 9.93 Å². The normalized spacial score (nSPS) is 17.8. The van der Waals surface area contributed by atoms with E-state index in [1.165, 1.54) is 11.3 Å².